The molecule has 5 heteroatoms. The first kappa shape index (κ1) is 11.0. The van der Waals surface area contributed by atoms with E-state index in [4.69, 9.17) is 0 Å². The van der Waals surface area contributed by atoms with Gasteiger partial charge in [0.25, 0.3) is 10.0 Å². The largest absolute Gasteiger partial charge is 0.279 e. The maximum atomic E-state index is 11.6. The van der Waals surface area contributed by atoms with Crippen molar-refractivity contribution in [2.45, 2.75) is 4.90 Å². The molecule has 1 radical (unpaired) electrons. The first-order valence-corrected chi connectivity index (χ1v) is 5.71. The summed E-state index contributed by atoms with van der Waals surface area (Å²) in [5.74, 6) is 0. The Hall–Kier alpha value is -0.550. The number of benzene rings is 2. The number of nitrogens with one attached hydrogen (secondary N) is 1. The summed E-state index contributed by atoms with van der Waals surface area (Å²) >= 11 is 0. The molecule has 1 aliphatic rings. The number of hydrogen-bond donors (Lipinski definition) is 1. The van der Waals surface area contributed by atoms with Crippen LogP contribution in [0, 0.1) is 0 Å². The Morgan fingerprint density at radius 1 is 1.00 bits per heavy atom. The molecule has 0 saturated heterocycles. The van der Waals surface area contributed by atoms with Crippen molar-refractivity contribution in [3.63, 3.8) is 0 Å². The fourth-order valence-corrected chi connectivity index (χ4v) is 3.14. The minimum Gasteiger partial charge on any atom is -0.279 e. The Labute approximate surface area is 110 Å². The molecule has 0 saturated carbocycles. The van der Waals surface area contributed by atoms with Crippen LogP contribution in [0.1, 0.15) is 0 Å². The second kappa shape index (κ2) is 3.49. The van der Waals surface area contributed by atoms with Gasteiger partial charge in [-0.3, -0.25) is 4.72 Å². The van der Waals surface area contributed by atoms with Crippen LogP contribution in [0.25, 0.3) is 10.8 Å². The number of rotatable bonds is 0. The Morgan fingerprint density at radius 3 is 2.40 bits per heavy atom. The molecule has 0 fully saturated rings. The van der Waals surface area contributed by atoms with Crippen molar-refractivity contribution < 1.29 is 8.42 Å². The second-order valence-corrected chi connectivity index (χ2v) is 4.92. The van der Waals surface area contributed by atoms with Crippen LogP contribution in [0.3, 0.4) is 0 Å². The zero-order valence-electron chi connectivity index (χ0n) is 8.19. The summed E-state index contributed by atoms with van der Waals surface area (Å²) in [5.41, 5.74) is 0.679. The molecule has 2 aromatic rings. The van der Waals surface area contributed by atoms with E-state index in [1.807, 2.05) is 18.2 Å². The van der Waals surface area contributed by atoms with Gasteiger partial charge < -0.3 is 0 Å². The monoisotopic (exact) mass is 228 g/mol. The zero-order chi connectivity index (χ0) is 9.76. The van der Waals surface area contributed by atoms with E-state index in [9.17, 15) is 8.42 Å². The number of sulfonamides is 1. The molecule has 1 N–H and O–H groups in total. The summed E-state index contributed by atoms with van der Waals surface area (Å²) in [4.78, 5) is 0.380. The molecule has 3 nitrogen and oxygen atoms in total. The van der Waals surface area contributed by atoms with Crippen molar-refractivity contribution in [3.8, 4) is 0 Å². The van der Waals surface area contributed by atoms with Gasteiger partial charge in [0.2, 0.25) is 0 Å². The summed E-state index contributed by atoms with van der Waals surface area (Å²) in [6, 6.07) is 10.8. The van der Waals surface area contributed by atoms with Gasteiger partial charge in [-0.05, 0) is 17.5 Å². The Morgan fingerprint density at radius 2 is 1.67 bits per heavy atom. The van der Waals surface area contributed by atoms with Gasteiger partial charge in [0.1, 0.15) is 0 Å². The Balaban J connectivity index is 0.000000853. The quantitative estimate of drug-likeness (QED) is 0.696. The van der Waals surface area contributed by atoms with Gasteiger partial charge in [-0.15, -0.1) is 0 Å². The van der Waals surface area contributed by atoms with E-state index in [-0.39, 0.29) is 29.6 Å². The van der Waals surface area contributed by atoms with Gasteiger partial charge in [-0.2, -0.15) is 0 Å². The normalized spacial score (nSPS) is 15.7. The average molecular weight is 228 g/mol. The molecule has 0 aromatic heterocycles. The van der Waals surface area contributed by atoms with Gasteiger partial charge in [0.05, 0.1) is 10.6 Å². The molecule has 1 aliphatic heterocycles. The van der Waals surface area contributed by atoms with Crippen LogP contribution in [0.5, 0.6) is 0 Å². The van der Waals surface area contributed by atoms with Gasteiger partial charge >= 0.3 is 0 Å². The maximum absolute atomic E-state index is 11.6. The predicted molar refractivity (Wildman–Crippen MR) is 60.5 cm³/mol. The Bertz CT molecular complexity index is 632. The molecule has 71 valence electrons. The van der Waals surface area contributed by atoms with E-state index >= 15 is 0 Å². The molecule has 3 rings (SSSR count). The van der Waals surface area contributed by atoms with E-state index in [0.29, 0.717) is 10.6 Å². The predicted octanol–water partition coefficient (Wildman–Crippen LogP) is 1.57. The minimum absolute atomic E-state index is 0. The summed E-state index contributed by atoms with van der Waals surface area (Å²) < 4.78 is 25.8. The molecule has 2 aromatic carbocycles. The van der Waals surface area contributed by atoms with Crippen molar-refractivity contribution >= 4 is 56.0 Å². The van der Waals surface area contributed by atoms with E-state index in [1.165, 1.54) is 0 Å². The molecule has 0 bridgehead atoms. The molecule has 15 heavy (non-hydrogen) atoms. The van der Waals surface area contributed by atoms with E-state index in [1.54, 1.807) is 18.2 Å². The Kier molecular flexibility index (Phi) is 2.55. The standard InChI is InChI=1S/C10H7NO2S.Na/c12-14(13)9-6-2-4-7-3-1-5-8(11-14)10(7)9;/h1-6,11H;. The van der Waals surface area contributed by atoms with Crippen LogP contribution in [0.2, 0.25) is 0 Å². The summed E-state index contributed by atoms with van der Waals surface area (Å²) in [6.07, 6.45) is 0. The third-order valence-corrected chi connectivity index (χ3v) is 3.81. The van der Waals surface area contributed by atoms with Crippen LogP contribution < -0.4 is 4.72 Å². The van der Waals surface area contributed by atoms with Crippen molar-refractivity contribution in [3.05, 3.63) is 36.4 Å². The van der Waals surface area contributed by atoms with Crippen LogP contribution in [-0.2, 0) is 10.0 Å². The van der Waals surface area contributed by atoms with Crippen molar-refractivity contribution in [2.24, 2.45) is 0 Å². The zero-order valence-corrected chi connectivity index (χ0v) is 11.0. The fraction of sp³-hybridized carbons (Fsp3) is 0. The van der Waals surface area contributed by atoms with Gasteiger partial charge in [0, 0.05) is 34.9 Å². The summed E-state index contributed by atoms with van der Waals surface area (Å²) in [7, 11) is -3.31. The van der Waals surface area contributed by atoms with Crippen molar-refractivity contribution in [1.29, 1.82) is 0 Å². The average Bonchev–Trinajstić information content (AvgIpc) is 2.41. The number of anilines is 1. The smallest absolute Gasteiger partial charge is 0.262 e. The van der Waals surface area contributed by atoms with E-state index in [0.717, 1.165) is 10.8 Å². The first-order valence-electron chi connectivity index (χ1n) is 4.23. The SMILES string of the molecule is O=S1(=O)Nc2cccc3cccc1c23.[Na]. The molecular weight excluding hydrogens is 221 g/mol. The topological polar surface area (TPSA) is 46.2 Å². The third-order valence-electron chi connectivity index (χ3n) is 2.40. The maximum Gasteiger partial charge on any atom is 0.262 e. The van der Waals surface area contributed by atoms with Crippen LogP contribution in [0.4, 0.5) is 5.69 Å². The molecule has 0 amide bonds. The molecule has 0 unspecified atom stereocenters. The van der Waals surface area contributed by atoms with Gasteiger partial charge in [-0.1, -0.05) is 24.3 Å². The summed E-state index contributed by atoms with van der Waals surface area (Å²) in [6.45, 7) is 0. The van der Waals surface area contributed by atoms with Crippen LogP contribution >= 0.6 is 0 Å². The van der Waals surface area contributed by atoms with Gasteiger partial charge in [-0.25, -0.2) is 8.42 Å². The van der Waals surface area contributed by atoms with E-state index in [2.05, 4.69) is 4.72 Å². The molecule has 0 aliphatic carbocycles. The minimum atomic E-state index is -3.31. The molecule has 0 atom stereocenters. The molecule has 0 spiro atoms. The molecule has 1 heterocycles. The van der Waals surface area contributed by atoms with Crippen molar-refractivity contribution in [2.75, 3.05) is 4.72 Å². The van der Waals surface area contributed by atoms with E-state index < -0.39 is 10.0 Å². The second-order valence-electron chi connectivity index (χ2n) is 3.27. The molecular formula is C10H7NNaO2S. The first-order chi connectivity index (χ1) is 6.68. The van der Waals surface area contributed by atoms with Gasteiger partial charge in [0.15, 0.2) is 0 Å². The number of hydrogen-bond acceptors (Lipinski definition) is 2. The van der Waals surface area contributed by atoms with Crippen molar-refractivity contribution in [1.82, 2.24) is 0 Å². The third kappa shape index (κ3) is 1.49. The van der Waals surface area contributed by atoms with Crippen LogP contribution in [0.15, 0.2) is 41.3 Å². The summed E-state index contributed by atoms with van der Waals surface area (Å²) in [5, 5.41) is 1.75. The van der Waals surface area contributed by atoms with Crippen LogP contribution in [-0.4, -0.2) is 38.0 Å². The fourth-order valence-electron chi connectivity index (χ4n) is 1.82.